The minimum Gasteiger partial charge on any atom is -0.459 e. The number of carbonyl (C=O) groups excluding carboxylic acids is 1. The minimum absolute atomic E-state index is 0.165. The molecule has 5 nitrogen and oxygen atoms in total. The normalized spacial score (nSPS) is 10.4. The van der Waals surface area contributed by atoms with Gasteiger partial charge in [0.05, 0.1) is 19.5 Å². The number of nitrogens with one attached hydrogen (secondary N) is 1. The Morgan fingerprint density at radius 2 is 2.00 bits per heavy atom. The van der Waals surface area contributed by atoms with E-state index in [4.69, 9.17) is 26.6 Å². The lowest BCUT2D eigenvalue weighted by Crippen LogP contribution is -2.30. The first-order chi connectivity index (χ1) is 9.20. The predicted octanol–water partition coefficient (Wildman–Crippen LogP) is 2.25. The number of ether oxygens (including phenoxy) is 1. The molecule has 0 atom stereocenters. The molecule has 0 saturated carbocycles. The van der Waals surface area contributed by atoms with Crippen molar-refractivity contribution in [3.8, 4) is 0 Å². The second-order valence-electron chi connectivity index (χ2n) is 3.87. The Balaban J connectivity index is 1.91. The molecule has 0 fully saturated rings. The first-order valence-electron chi connectivity index (χ1n) is 5.60. The van der Waals surface area contributed by atoms with Crippen LogP contribution in [0.2, 0.25) is 5.02 Å². The van der Waals surface area contributed by atoms with Gasteiger partial charge in [-0.1, -0.05) is 23.7 Å². The molecule has 19 heavy (non-hydrogen) atoms. The zero-order valence-corrected chi connectivity index (χ0v) is 10.8. The molecule has 3 N–H and O–H groups in total. The van der Waals surface area contributed by atoms with Gasteiger partial charge in [0.25, 0.3) is 0 Å². The zero-order valence-electron chi connectivity index (χ0n) is 10.1. The van der Waals surface area contributed by atoms with Crippen molar-refractivity contribution in [3.05, 3.63) is 58.5 Å². The summed E-state index contributed by atoms with van der Waals surface area (Å²) in [4.78, 5) is 11.4. The summed E-state index contributed by atoms with van der Waals surface area (Å²) in [5, 5.41) is 0.681. The molecule has 2 aromatic rings. The first kappa shape index (κ1) is 13.6. The summed E-state index contributed by atoms with van der Waals surface area (Å²) in [7, 11) is 0. The average molecular weight is 281 g/mol. The lowest BCUT2D eigenvalue weighted by atomic mass is 10.2. The maximum absolute atomic E-state index is 11.4. The summed E-state index contributed by atoms with van der Waals surface area (Å²) in [6, 6.07) is 9.03. The van der Waals surface area contributed by atoms with Gasteiger partial charge in [-0.05, 0) is 23.8 Å². The maximum atomic E-state index is 11.4. The van der Waals surface area contributed by atoms with Crippen LogP contribution in [0.15, 0.2) is 41.0 Å². The molecule has 0 aliphatic carbocycles. The van der Waals surface area contributed by atoms with Crippen LogP contribution in [0.1, 0.15) is 21.7 Å². The molecule has 100 valence electrons. The Bertz CT molecular complexity index is 551. The number of halogens is 1. The predicted molar refractivity (Wildman–Crippen MR) is 70.3 cm³/mol. The van der Waals surface area contributed by atoms with Crippen molar-refractivity contribution in [3.63, 3.8) is 0 Å². The molecule has 0 radical (unpaired) electrons. The number of amides is 1. The molecule has 1 aromatic carbocycles. The van der Waals surface area contributed by atoms with E-state index in [-0.39, 0.29) is 12.4 Å². The fourth-order valence-corrected chi connectivity index (χ4v) is 1.70. The first-order valence-corrected chi connectivity index (χ1v) is 5.98. The summed E-state index contributed by atoms with van der Waals surface area (Å²) < 4.78 is 10.6. The maximum Gasteiger partial charge on any atom is 0.301 e. The number of furan rings is 1. The van der Waals surface area contributed by atoms with E-state index in [0.29, 0.717) is 17.2 Å². The highest BCUT2D eigenvalue weighted by atomic mass is 35.5. The van der Waals surface area contributed by atoms with E-state index in [0.717, 1.165) is 5.56 Å². The second-order valence-corrected chi connectivity index (χ2v) is 4.30. The van der Waals surface area contributed by atoms with Gasteiger partial charge in [-0.2, -0.15) is 0 Å². The number of carbonyl (C=O) groups is 1. The van der Waals surface area contributed by atoms with E-state index >= 15 is 0 Å². The summed E-state index contributed by atoms with van der Waals surface area (Å²) in [6.45, 7) is 0.688. The van der Waals surface area contributed by atoms with Crippen molar-refractivity contribution in [1.29, 1.82) is 0 Å². The molecule has 2 rings (SSSR count). The summed E-state index contributed by atoms with van der Waals surface area (Å²) >= 11 is 5.79. The van der Waals surface area contributed by atoms with E-state index in [1.165, 1.54) is 6.26 Å². The quantitative estimate of drug-likeness (QED) is 0.500. The van der Waals surface area contributed by atoms with Crippen LogP contribution in [0.3, 0.4) is 0 Å². The van der Waals surface area contributed by atoms with Gasteiger partial charge in [0, 0.05) is 10.6 Å². The van der Waals surface area contributed by atoms with Gasteiger partial charge in [0.1, 0.15) is 0 Å². The number of nitrogens with two attached hydrogens (primary N) is 1. The highest BCUT2D eigenvalue weighted by molar-refractivity contribution is 6.30. The number of hydrogen-bond acceptors (Lipinski definition) is 4. The van der Waals surface area contributed by atoms with E-state index in [1.807, 2.05) is 17.6 Å². The fraction of sp³-hybridized carbons (Fsp3) is 0.154. The van der Waals surface area contributed by atoms with Crippen LogP contribution < -0.4 is 11.3 Å². The third kappa shape index (κ3) is 3.57. The molecular weight excluding hydrogens is 268 g/mol. The van der Waals surface area contributed by atoms with Crippen LogP contribution in [0.4, 0.5) is 0 Å². The van der Waals surface area contributed by atoms with Gasteiger partial charge < -0.3 is 9.15 Å². The van der Waals surface area contributed by atoms with Crippen LogP contribution in [-0.2, 0) is 18.0 Å². The van der Waals surface area contributed by atoms with Crippen molar-refractivity contribution >= 4 is 17.5 Å². The van der Waals surface area contributed by atoms with Gasteiger partial charge in [-0.25, -0.2) is 5.84 Å². The lowest BCUT2D eigenvalue weighted by Gasteiger charge is -2.04. The van der Waals surface area contributed by atoms with Crippen LogP contribution in [-0.4, -0.2) is 5.91 Å². The van der Waals surface area contributed by atoms with E-state index < -0.39 is 5.91 Å². The van der Waals surface area contributed by atoms with Crippen LogP contribution in [0.5, 0.6) is 0 Å². The van der Waals surface area contributed by atoms with Crippen molar-refractivity contribution in [2.75, 3.05) is 0 Å². The zero-order chi connectivity index (χ0) is 13.7. The van der Waals surface area contributed by atoms with Gasteiger partial charge in [-0.15, -0.1) is 0 Å². The topological polar surface area (TPSA) is 77.5 Å². The third-order valence-corrected chi connectivity index (χ3v) is 2.78. The molecule has 6 heteroatoms. The average Bonchev–Trinajstić information content (AvgIpc) is 2.88. The Kier molecular flexibility index (Phi) is 4.57. The Morgan fingerprint density at radius 3 is 2.68 bits per heavy atom. The van der Waals surface area contributed by atoms with E-state index in [2.05, 4.69) is 0 Å². The molecular formula is C13H13ClN2O3. The van der Waals surface area contributed by atoms with Gasteiger partial charge >= 0.3 is 5.91 Å². The Morgan fingerprint density at radius 1 is 1.26 bits per heavy atom. The van der Waals surface area contributed by atoms with Crippen LogP contribution in [0.25, 0.3) is 0 Å². The van der Waals surface area contributed by atoms with E-state index in [9.17, 15) is 4.79 Å². The van der Waals surface area contributed by atoms with Gasteiger partial charge in [0.15, 0.2) is 5.76 Å². The van der Waals surface area contributed by atoms with Crippen molar-refractivity contribution < 1.29 is 13.9 Å². The fourth-order valence-electron chi connectivity index (χ4n) is 1.57. The summed E-state index contributed by atoms with van der Waals surface area (Å²) in [6.07, 6.45) is 1.42. The van der Waals surface area contributed by atoms with Crippen LogP contribution >= 0.6 is 11.6 Å². The lowest BCUT2D eigenvalue weighted by molar-refractivity contribution is 0.0895. The number of benzene rings is 1. The second kappa shape index (κ2) is 6.38. The molecule has 0 aliphatic rings. The number of hydrazine groups is 1. The summed E-state index contributed by atoms with van der Waals surface area (Å²) in [5.41, 5.74) is 3.67. The Labute approximate surface area is 115 Å². The molecule has 0 saturated heterocycles. The summed E-state index contributed by atoms with van der Waals surface area (Å²) in [5.74, 6) is 4.74. The molecule has 1 aromatic heterocycles. The Hall–Kier alpha value is -1.82. The van der Waals surface area contributed by atoms with Gasteiger partial charge in [0.2, 0.25) is 0 Å². The number of hydrogen-bond donors (Lipinski definition) is 2. The molecule has 0 aliphatic heterocycles. The minimum atomic E-state index is -0.477. The number of nitrogen functional groups attached to an aromatic ring is 1. The SMILES string of the molecule is NNC(=O)c1occc1COCc1ccc(Cl)cc1. The highest BCUT2D eigenvalue weighted by Crippen LogP contribution is 2.14. The smallest absolute Gasteiger partial charge is 0.301 e. The van der Waals surface area contributed by atoms with Crippen LogP contribution in [0, 0.1) is 0 Å². The van der Waals surface area contributed by atoms with Crippen molar-refractivity contribution in [1.82, 2.24) is 5.43 Å². The van der Waals surface area contributed by atoms with Crippen molar-refractivity contribution in [2.24, 2.45) is 5.84 Å². The van der Waals surface area contributed by atoms with Gasteiger partial charge in [-0.3, -0.25) is 10.2 Å². The molecule has 1 amide bonds. The molecule has 0 unspecified atom stereocenters. The largest absolute Gasteiger partial charge is 0.459 e. The molecule has 0 bridgehead atoms. The molecule has 1 heterocycles. The number of rotatable bonds is 5. The highest BCUT2D eigenvalue weighted by Gasteiger charge is 2.13. The standard InChI is InChI=1S/C13H13ClN2O3/c14-11-3-1-9(2-4-11)7-18-8-10-5-6-19-12(10)13(17)16-15/h1-6H,7-8,15H2,(H,16,17). The third-order valence-electron chi connectivity index (χ3n) is 2.52. The van der Waals surface area contributed by atoms with Crippen molar-refractivity contribution in [2.45, 2.75) is 13.2 Å². The monoisotopic (exact) mass is 280 g/mol. The molecule has 0 spiro atoms. The van der Waals surface area contributed by atoms with E-state index in [1.54, 1.807) is 18.2 Å².